The Morgan fingerprint density at radius 3 is 2.71 bits per heavy atom. The molecule has 3 heteroatoms. The van der Waals surface area contributed by atoms with Crippen molar-refractivity contribution in [3.8, 4) is 0 Å². The van der Waals surface area contributed by atoms with Gasteiger partial charge in [0.15, 0.2) is 0 Å². The molecule has 14 heavy (non-hydrogen) atoms. The molecular formula is C11H18N2S. The second-order valence-electron chi connectivity index (χ2n) is 3.30. The number of nitrogens with one attached hydrogen (secondary N) is 1. The first-order valence-corrected chi connectivity index (χ1v) is 6.37. The molecule has 2 nitrogen and oxygen atoms in total. The first kappa shape index (κ1) is 11.5. The monoisotopic (exact) mass is 210 g/mol. The Morgan fingerprint density at radius 1 is 1.43 bits per heavy atom. The summed E-state index contributed by atoms with van der Waals surface area (Å²) in [7, 11) is 0. The number of nitrogens with zero attached hydrogens (tertiary/aromatic N) is 1. The van der Waals surface area contributed by atoms with Crippen molar-refractivity contribution in [1.82, 2.24) is 10.3 Å². The van der Waals surface area contributed by atoms with Gasteiger partial charge in [0, 0.05) is 30.7 Å². The van der Waals surface area contributed by atoms with Gasteiger partial charge in [-0.05, 0) is 30.4 Å². The number of rotatable bonds is 6. The van der Waals surface area contributed by atoms with Crippen molar-refractivity contribution >= 4 is 11.8 Å². The molecule has 0 spiro atoms. The normalized spacial score (nSPS) is 12.7. The molecule has 1 aromatic heterocycles. The fourth-order valence-corrected chi connectivity index (χ4v) is 2.04. The molecule has 0 aliphatic heterocycles. The summed E-state index contributed by atoms with van der Waals surface area (Å²) >= 11 is 1.89. The smallest absolute Gasteiger partial charge is 0.0271 e. The third-order valence-corrected chi connectivity index (χ3v) is 2.94. The lowest BCUT2D eigenvalue weighted by molar-refractivity contribution is 0.541. The second kappa shape index (κ2) is 6.85. The minimum absolute atomic E-state index is 0.623. The van der Waals surface area contributed by atoms with Crippen LogP contribution >= 0.6 is 11.8 Å². The number of hydrogen-bond donors (Lipinski definition) is 1. The van der Waals surface area contributed by atoms with Crippen LogP contribution in [-0.4, -0.2) is 23.0 Å². The van der Waals surface area contributed by atoms with Crippen molar-refractivity contribution in [2.45, 2.75) is 25.9 Å². The SMILES string of the molecule is CCC(CSC)NCc1ccncc1. The van der Waals surface area contributed by atoms with Gasteiger partial charge in [-0.25, -0.2) is 0 Å². The zero-order chi connectivity index (χ0) is 10.2. The summed E-state index contributed by atoms with van der Waals surface area (Å²) in [5, 5.41) is 3.54. The van der Waals surface area contributed by atoms with Gasteiger partial charge in [0.2, 0.25) is 0 Å². The molecule has 0 amide bonds. The summed E-state index contributed by atoms with van der Waals surface area (Å²) in [6.45, 7) is 3.17. The highest BCUT2D eigenvalue weighted by Crippen LogP contribution is 2.03. The Morgan fingerprint density at radius 2 is 2.14 bits per heavy atom. The molecule has 0 bridgehead atoms. The highest BCUT2D eigenvalue weighted by molar-refractivity contribution is 7.98. The fourth-order valence-electron chi connectivity index (χ4n) is 1.29. The van der Waals surface area contributed by atoms with Crippen LogP contribution in [0.3, 0.4) is 0 Å². The molecule has 0 saturated carbocycles. The van der Waals surface area contributed by atoms with Crippen molar-refractivity contribution in [1.29, 1.82) is 0 Å². The van der Waals surface area contributed by atoms with Crippen LogP contribution in [0.5, 0.6) is 0 Å². The number of thioether (sulfide) groups is 1. The van der Waals surface area contributed by atoms with Crippen LogP contribution in [0.15, 0.2) is 24.5 Å². The van der Waals surface area contributed by atoms with Gasteiger partial charge in [0.1, 0.15) is 0 Å². The topological polar surface area (TPSA) is 24.9 Å². The van der Waals surface area contributed by atoms with Gasteiger partial charge < -0.3 is 5.32 Å². The Labute approximate surface area is 90.5 Å². The number of hydrogen-bond acceptors (Lipinski definition) is 3. The number of pyridine rings is 1. The zero-order valence-electron chi connectivity index (χ0n) is 8.86. The predicted octanol–water partition coefficient (Wildman–Crippen LogP) is 2.31. The Hall–Kier alpha value is -0.540. The van der Waals surface area contributed by atoms with Gasteiger partial charge in [-0.15, -0.1) is 0 Å². The lowest BCUT2D eigenvalue weighted by atomic mass is 10.2. The summed E-state index contributed by atoms with van der Waals surface area (Å²) in [4.78, 5) is 4.00. The molecule has 0 aliphatic rings. The van der Waals surface area contributed by atoms with Crippen LogP contribution in [0.2, 0.25) is 0 Å². The van der Waals surface area contributed by atoms with Crippen LogP contribution in [0.1, 0.15) is 18.9 Å². The molecule has 1 heterocycles. The summed E-state index contributed by atoms with van der Waals surface area (Å²) in [5.41, 5.74) is 1.31. The van der Waals surface area contributed by atoms with Crippen molar-refractivity contribution < 1.29 is 0 Å². The van der Waals surface area contributed by atoms with Gasteiger partial charge in [0.05, 0.1) is 0 Å². The highest BCUT2D eigenvalue weighted by atomic mass is 32.2. The van der Waals surface area contributed by atoms with E-state index in [4.69, 9.17) is 0 Å². The molecule has 1 aromatic rings. The molecule has 1 unspecified atom stereocenters. The van der Waals surface area contributed by atoms with E-state index in [2.05, 4.69) is 35.6 Å². The van der Waals surface area contributed by atoms with E-state index >= 15 is 0 Å². The average Bonchev–Trinajstić information content (AvgIpc) is 2.25. The van der Waals surface area contributed by atoms with E-state index in [0.29, 0.717) is 6.04 Å². The molecule has 1 N–H and O–H groups in total. The van der Waals surface area contributed by atoms with Crippen LogP contribution in [0.25, 0.3) is 0 Å². The quantitative estimate of drug-likeness (QED) is 0.780. The van der Waals surface area contributed by atoms with Crippen LogP contribution < -0.4 is 5.32 Å². The largest absolute Gasteiger partial charge is 0.309 e. The van der Waals surface area contributed by atoms with E-state index in [9.17, 15) is 0 Å². The number of aromatic nitrogens is 1. The second-order valence-corrected chi connectivity index (χ2v) is 4.21. The lowest BCUT2D eigenvalue weighted by Crippen LogP contribution is -2.30. The lowest BCUT2D eigenvalue weighted by Gasteiger charge is -2.15. The Bertz CT molecular complexity index is 238. The van der Waals surface area contributed by atoms with Gasteiger partial charge >= 0.3 is 0 Å². The van der Waals surface area contributed by atoms with Crippen LogP contribution in [0, 0.1) is 0 Å². The first-order chi connectivity index (χ1) is 6.86. The zero-order valence-corrected chi connectivity index (χ0v) is 9.68. The van der Waals surface area contributed by atoms with E-state index in [0.717, 1.165) is 6.54 Å². The average molecular weight is 210 g/mol. The summed E-state index contributed by atoms with van der Waals surface area (Å²) in [6, 6.07) is 4.73. The maximum Gasteiger partial charge on any atom is 0.0271 e. The molecule has 1 rings (SSSR count). The molecule has 78 valence electrons. The van der Waals surface area contributed by atoms with E-state index in [1.165, 1.54) is 17.7 Å². The van der Waals surface area contributed by atoms with Gasteiger partial charge in [-0.1, -0.05) is 6.92 Å². The van der Waals surface area contributed by atoms with Crippen molar-refractivity contribution in [3.05, 3.63) is 30.1 Å². The molecule has 0 fully saturated rings. The summed E-state index contributed by atoms with van der Waals surface area (Å²) in [6.07, 6.45) is 7.02. The van der Waals surface area contributed by atoms with E-state index < -0.39 is 0 Å². The van der Waals surface area contributed by atoms with E-state index in [-0.39, 0.29) is 0 Å². The standard InChI is InChI=1S/C11H18N2S/c1-3-11(9-14-2)13-8-10-4-6-12-7-5-10/h4-7,11,13H,3,8-9H2,1-2H3. The Kier molecular flexibility index (Phi) is 5.64. The minimum atomic E-state index is 0.623. The molecule has 0 aromatic carbocycles. The maximum absolute atomic E-state index is 4.00. The van der Waals surface area contributed by atoms with Crippen molar-refractivity contribution in [2.24, 2.45) is 0 Å². The highest BCUT2D eigenvalue weighted by Gasteiger charge is 2.03. The fraction of sp³-hybridized carbons (Fsp3) is 0.545. The van der Waals surface area contributed by atoms with Gasteiger partial charge in [0.25, 0.3) is 0 Å². The van der Waals surface area contributed by atoms with Crippen molar-refractivity contribution in [3.63, 3.8) is 0 Å². The van der Waals surface area contributed by atoms with E-state index in [1.54, 1.807) is 0 Å². The van der Waals surface area contributed by atoms with Gasteiger partial charge in [-0.2, -0.15) is 11.8 Å². The van der Waals surface area contributed by atoms with E-state index in [1.807, 2.05) is 24.2 Å². The summed E-state index contributed by atoms with van der Waals surface area (Å²) in [5.74, 6) is 1.18. The molecule has 0 radical (unpaired) electrons. The van der Waals surface area contributed by atoms with Crippen molar-refractivity contribution in [2.75, 3.05) is 12.0 Å². The van der Waals surface area contributed by atoms with Crippen LogP contribution in [-0.2, 0) is 6.54 Å². The molecule has 1 atom stereocenters. The first-order valence-electron chi connectivity index (χ1n) is 4.98. The minimum Gasteiger partial charge on any atom is -0.309 e. The van der Waals surface area contributed by atoms with Gasteiger partial charge in [-0.3, -0.25) is 4.98 Å². The predicted molar refractivity (Wildman–Crippen MR) is 63.5 cm³/mol. The third kappa shape index (κ3) is 4.11. The third-order valence-electron chi connectivity index (χ3n) is 2.20. The summed E-state index contributed by atoms with van der Waals surface area (Å²) < 4.78 is 0. The molecular weight excluding hydrogens is 192 g/mol. The molecule has 0 aliphatic carbocycles. The van der Waals surface area contributed by atoms with Crippen LogP contribution in [0.4, 0.5) is 0 Å². The molecule has 0 saturated heterocycles. The maximum atomic E-state index is 4.00. The Balaban J connectivity index is 2.32.